The first-order chi connectivity index (χ1) is 9.78. The minimum absolute atomic E-state index is 0.0367. The Morgan fingerprint density at radius 1 is 1.40 bits per heavy atom. The van der Waals surface area contributed by atoms with Crippen LogP contribution in [0.2, 0.25) is 0 Å². The lowest BCUT2D eigenvalue weighted by molar-refractivity contribution is -0.115. The molecule has 1 aromatic rings. The molecule has 1 fully saturated rings. The average molecular weight is 278 g/mol. The molecule has 0 aromatic heterocycles. The molecule has 2 N–H and O–H groups in total. The summed E-state index contributed by atoms with van der Waals surface area (Å²) in [6.45, 7) is 2.87. The van der Waals surface area contributed by atoms with E-state index in [1.54, 1.807) is 13.2 Å². The molecule has 0 aliphatic carbocycles. The van der Waals surface area contributed by atoms with Crippen molar-refractivity contribution in [3.63, 3.8) is 0 Å². The van der Waals surface area contributed by atoms with Gasteiger partial charge in [-0.25, -0.2) is 0 Å². The molecule has 2 rings (SSSR count). The first kappa shape index (κ1) is 14.8. The van der Waals surface area contributed by atoms with E-state index in [-0.39, 0.29) is 5.91 Å². The highest BCUT2D eigenvalue weighted by Crippen LogP contribution is 2.16. The molecule has 1 aliphatic rings. The van der Waals surface area contributed by atoms with Crippen molar-refractivity contribution in [3.05, 3.63) is 24.3 Å². The summed E-state index contributed by atoms with van der Waals surface area (Å²) in [7, 11) is 1.61. The van der Waals surface area contributed by atoms with Gasteiger partial charge in [0.15, 0.2) is 0 Å². The molecule has 5 nitrogen and oxygen atoms in total. The minimum Gasteiger partial charge on any atom is -0.497 e. The largest absolute Gasteiger partial charge is 0.497 e. The van der Waals surface area contributed by atoms with E-state index in [1.807, 2.05) is 18.2 Å². The molecule has 0 bridgehead atoms. The van der Waals surface area contributed by atoms with Crippen LogP contribution in [0.3, 0.4) is 0 Å². The van der Waals surface area contributed by atoms with Crippen molar-refractivity contribution in [2.75, 3.05) is 38.7 Å². The third kappa shape index (κ3) is 4.83. The monoisotopic (exact) mass is 278 g/mol. The smallest absolute Gasteiger partial charge is 0.238 e. The molecule has 0 atom stereocenters. The Bertz CT molecular complexity index is 431. The van der Waals surface area contributed by atoms with Crippen LogP contribution < -0.4 is 15.4 Å². The predicted molar refractivity (Wildman–Crippen MR) is 78.0 cm³/mol. The first-order valence-electron chi connectivity index (χ1n) is 7.00. The molecule has 1 amide bonds. The summed E-state index contributed by atoms with van der Waals surface area (Å²) in [6.07, 6.45) is 2.15. The van der Waals surface area contributed by atoms with Gasteiger partial charge >= 0.3 is 0 Å². The highest BCUT2D eigenvalue weighted by Gasteiger charge is 2.13. The fourth-order valence-electron chi connectivity index (χ4n) is 2.25. The number of nitrogens with one attached hydrogen (secondary N) is 2. The molecule has 1 saturated heterocycles. The number of carbonyl (C=O) groups is 1. The zero-order valence-electron chi connectivity index (χ0n) is 11.9. The number of carbonyl (C=O) groups excluding carboxylic acids is 1. The molecule has 0 unspecified atom stereocenters. The van der Waals surface area contributed by atoms with E-state index in [9.17, 15) is 4.79 Å². The van der Waals surface area contributed by atoms with Crippen molar-refractivity contribution in [2.45, 2.75) is 12.8 Å². The first-order valence-corrected chi connectivity index (χ1v) is 7.00. The molecule has 110 valence electrons. The van der Waals surface area contributed by atoms with Gasteiger partial charge in [0, 0.05) is 25.0 Å². The summed E-state index contributed by atoms with van der Waals surface area (Å²) in [5.74, 6) is 1.32. The van der Waals surface area contributed by atoms with Crippen LogP contribution in [0, 0.1) is 5.92 Å². The number of hydrogen-bond donors (Lipinski definition) is 2. The van der Waals surface area contributed by atoms with E-state index in [1.165, 1.54) is 0 Å². The fraction of sp³-hybridized carbons (Fsp3) is 0.533. The number of rotatable bonds is 6. The SMILES string of the molecule is COc1cccc(NC(=O)CNCC2CCOCC2)c1. The Hall–Kier alpha value is -1.59. The van der Waals surface area contributed by atoms with Gasteiger partial charge in [0.05, 0.1) is 13.7 Å². The van der Waals surface area contributed by atoms with Gasteiger partial charge in [-0.1, -0.05) is 6.07 Å². The van der Waals surface area contributed by atoms with E-state index in [2.05, 4.69) is 10.6 Å². The van der Waals surface area contributed by atoms with Gasteiger partial charge in [0.25, 0.3) is 0 Å². The number of hydrogen-bond acceptors (Lipinski definition) is 4. The van der Waals surface area contributed by atoms with Crippen molar-refractivity contribution in [2.24, 2.45) is 5.92 Å². The lowest BCUT2D eigenvalue weighted by Gasteiger charge is -2.22. The maximum atomic E-state index is 11.8. The Morgan fingerprint density at radius 3 is 2.95 bits per heavy atom. The van der Waals surface area contributed by atoms with Crippen molar-refractivity contribution in [1.82, 2.24) is 5.32 Å². The summed E-state index contributed by atoms with van der Waals surface area (Å²) in [4.78, 5) is 11.8. The quantitative estimate of drug-likeness (QED) is 0.830. The van der Waals surface area contributed by atoms with E-state index in [0.29, 0.717) is 12.5 Å². The minimum atomic E-state index is -0.0367. The summed E-state index contributed by atoms with van der Waals surface area (Å²) in [5, 5.41) is 6.05. The maximum Gasteiger partial charge on any atom is 0.238 e. The zero-order valence-corrected chi connectivity index (χ0v) is 11.9. The van der Waals surface area contributed by atoms with E-state index < -0.39 is 0 Å². The number of benzene rings is 1. The number of ether oxygens (including phenoxy) is 2. The molecule has 1 aliphatic heterocycles. The Balaban J connectivity index is 1.69. The molecule has 0 radical (unpaired) electrons. The Labute approximate surface area is 119 Å². The topological polar surface area (TPSA) is 59.6 Å². The van der Waals surface area contributed by atoms with Gasteiger partial charge in [0.1, 0.15) is 5.75 Å². The van der Waals surface area contributed by atoms with Crippen molar-refractivity contribution >= 4 is 11.6 Å². The van der Waals surface area contributed by atoms with E-state index in [0.717, 1.165) is 44.0 Å². The van der Waals surface area contributed by atoms with Crippen LogP contribution in [0.15, 0.2) is 24.3 Å². The molecule has 20 heavy (non-hydrogen) atoms. The van der Waals surface area contributed by atoms with Crippen LogP contribution in [0.5, 0.6) is 5.75 Å². The van der Waals surface area contributed by atoms with Crippen LogP contribution >= 0.6 is 0 Å². The Morgan fingerprint density at radius 2 is 2.20 bits per heavy atom. The normalized spacial score (nSPS) is 15.8. The molecule has 0 saturated carbocycles. The van der Waals surface area contributed by atoms with Crippen LogP contribution in [0.4, 0.5) is 5.69 Å². The third-order valence-electron chi connectivity index (χ3n) is 3.41. The maximum absolute atomic E-state index is 11.8. The highest BCUT2D eigenvalue weighted by molar-refractivity contribution is 5.92. The number of amides is 1. The lowest BCUT2D eigenvalue weighted by atomic mass is 10.0. The molecule has 1 aromatic carbocycles. The van der Waals surface area contributed by atoms with Gasteiger partial charge in [-0.15, -0.1) is 0 Å². The van der Waals surface area contributed by atoms with Crippen LogP contribution in [0.25, 0.3) is 0 Å². The van der Waals surface area contributed by atoms with Gasteiger partial charge in [-0.2, -0.15) is 0 Å². The molecule has 1 heterocycles. The van der Waals surface area contributed by atoms with Gasteiger partial charge in [0.2, 0.25) is 5.91 Å². The second kappa shape index (κ2) is 7.87. The zero-order chi connectivity index (χ0) is 14.2. The van der Waals surface area contributed by atoms with Crippen LogP contribution in [0.1, 0.15) is 12.8 Å². The number of methoxy groups -OCH3 is 1. The van der Waals surface area contributed by atoms with Gasteiger partial charge in [-0.3, -0.25) is 4.79 Å². The molecular weight excluding hydrogens is 256 g/mol. The third-order valence-corrected chi connectivity index (χ3v) is 3.41. The summed E-state index contributed by atoms with van der Waals surface area (Å²) >= 11 is 0. The van der Waals surface area contributed by atoms with Crippen molar-refractivity contribution in [1.29, 1.82) is 0 Å². The standard InChI is InChI=1S/C15H22N2O3/c1-19-14-4-2-3-13(9-14)17-15(18)11-16-10-12-5-7-20-8-6-12/h2-4,9,12,16H,5-8,10-11H2,1H3,(H,17,18). The van der Waals surface area contributed by atoms with E-state index >= 15 is 0 Å². The molecule has 0 spiro atoms. The van der Waals surface area contributed by atoms with Crippen LogP contribution in [-0.2, 0) is 9.53 Å². The summed E-state index contributed by atoms with van der Waals surface area (Å²) < 4.78 is 10.4. The predicted octanol–water partition coefficient (Wildman–Crippen LogP) is 1.65. The summed E-state index contributed by atoms with van der Waals surface area (Å²) in [6, 6.07) is 7.35. The molecule has 5 heteroatoms. The second-order valence-electron chi connectivity index (χ2n) is 4.97. The average Bonchev–Trinajstić information content (AvgIpc) is 2.48. The number of anilines is 1. The lowest BCUT2D eigenvalue weighted by Crippen LogP contribution is -2.33. The fourth-order valence-corrected chi connectivity index (χ4v) is 2.25. The highest BCUT2D eigenvalue weighted by atomic mass is 16.5. The van der Waals surface area contributed by atoms with E-state index in [4.69, 9.17) is 9.47 Å². The molecular formula is C15H22N2O3. The van der Waals surface area contributed by atoms with Crippen LogP contribution in [-0.4, -0.2) is 39.3 Å². The van der Waals surface area contributed by atoms with Crippen molar-refractivity contribution < 1.29 is 14.3 Å². The Kier molecular flexibility index (Phi) is 5.83. The van der Waals surface area contributed by atoms with Crippen molar-refractivity contribution in [3.8, 4) is 5.75 Å². The summed E-state index contributed by atoms with van der Waals surface area (Å²) in [5.41, 5.74) is 0.752. The second-order valence-corrected chi connectivity index (χ2v) is 4.97. The van der Waals surface area contributed by atoms with Gasteiger partial charge < -0.3 is 20.1 Å². The van der Waals surface area contributed by atoms with Gasteiger partial charge in [-0.05, 0) is 37.4 Å².